The minimum Gasteiger partial charge on any atom is -0.323 e. The van der Waals surface area contributed by atoms with Crippen LogP contribution in [-0.2, 0) is 6.42 Å². The summed E-state index contributed by atoms with van der Waals surface area (Å²) in [5, 5.41) is 0. The summed E-state index contributed by atoms with van der Waals surface area (Å²) in [6, 6.07) is 2.51. The van der Waals surface area contributed by atoms with Gasteiger partial charge in [-0.3, -0.25) is 0 Å². The van der Waals surface area contributed by atoms with Crippen LogP contribution in [0.4, 0.5) is 0 Å². The van der Waals surface area contributed by atoms with Crippen molar-refractivity contribution in [1.82, 2.24) is 0 Å². The average Bonchev–Trinajstić information content (AvgIpc) is 2.31. The van der Waals surface area contributed by atoms with E-state index in [0.717, 1.165) is 6.42 Å². The normalized spacial score (nSPS) is 23.3. The quantitative estimate of drug-likeness (QED) is 0.731. The van der Waals surface area contributed by atoms with Crippen molar-refractivity contribution in [2.75, 3.05) is 0 Å². The van der Waals surface area contributed by atoms with E-state index < -0.39 is 0 Å². The van der Waals surface area contributed by atoms with E-state index in [1.165, 1.54) is 27.1 Å². The molecule has 0 amide bonds. The van der Waals surface area contributed by atoms with Crippen LogP contribution in [0.2, 0.25) is 0 Å². The number of hydrogen-bond acceptors (Lipinski definition) is 2. The van der Waals surface area contributed by atoms with Crippen molar-refractivity contribution in [3.05, 3.63) is 20.3 Å². The Morgan fingerprint density at radius 2 is 2.45 bits per heavy atom. The molecule has 2 rings (SSSR count). The number of aryl methyl sites for hydroxylation is 1. The van der Waals surface area contributed by atoms with Gasteiger partial charge in [-0.05, 0) is 46.8 Å². The molecule has 11 heavy (non-hydrogen) atoms. The molecule has 1 nitrogen and oxygen atoms in total. The van der Waals surface area contributed by atoms with E-state index in [-0.39, 0.29) is 0 Å². The first-order valence-corrected chi connectivity index (χ1v) is 5.42. The van der Waals surface area contributed by atoms with Crippen LogP contribution in [0.15, 0.2) is 9.85 Å². The summed E-state index contributed by atoms with van der Waals surface area (Å²) < 4.78 is 1.22. The highest BCUT2D eigenvalue weighted by Gasteiger charge is 2.18. The van der Waals surface area contributed by atoms with Crippen LogP contribution in [0.25, 0.3) is 0 Å². The van der Waals surface area contributed by atoms with Gasteiger partial charge in [0.2, 0.25) is 0 Å². The largest absolute Gasteiger partial charge is 0.323 e. The summed E-state index contributed by atoms with van der Waals surface area (Å²) in [6.07, 6.45) is 3.61. The lowest BCUT2D eigenvalue weighted by Gasteiger charge is -2.17. The maximum absolute atomic E-state index is 5.95. The lowest BCUT2D eigenvalue weighted by Crippen LogP contribution is -2.14. The van der Waals surface area contributed by atoms with E-state index in [1.54, 1.807) is 11.3 Å². The van der Waals surface area contributed by atoms with Gasteiger partial charge < -0.3 is 5.73 Å². The van der Waals surface area contributed by atoms with Crippen molar-refractivity contribution in [3.63, 3.8) is 0 Å². The first-order valence-electron chi connectivity index (χ1n) is 3.81. The second kappa shape index (κ2) is 2.88. The Bertz CT molecular complexity index is 269. The Labute approximate surface area is 78.7 Å². The van der Waals surface area contributed by atoms with E-state index in [9.17, 15) is 0 Å². The molecule has 1 aromatic heterocycles. The maximum Gasteiger partial charge on any atom is 0.0704 e. The SMILES string of the molecule is NC1CCCc2cc(Br)sc21. The van der Waals surface area contributed by atoms with Crippen LogP contribution in [0.5, 0.6) is 0 Å². The number of rotatable bonds is 0. The molecule has 1 heterocycles. The lowest BCUT2D eigenvalue weighted by atomic mass is 9.96. The van der Waals surface area contributed by atoms with Crippen LogP contribution < -0.4 is 5.73 Å². The molecule has 0 saturated heterocycles. The van der Waals surface area contributed by atoms with Crippen LogP contribution in [0.1, 0.15) is 29.3 Å². The smallest absolute Gasteiger partial charge is 0.0704 e. The van der Waals surface area contributed by atoms with Crippen molar-refractivity contribution < 1.29 is 0 Å². The van der Waals surface area contributed by atoms with Gasteiger partial charge in [0.1, 0.15) is 0 Å². The Kier molecular flexibility index (Phi) is 2.04. The van der Waals surface area contributed by atoms with Crippen LogP contribution >= 0.6 is 27.3 Å². The van der Waals surface area contributed by atoms with Crippen LogP contribution in [0, 0.1) is 0 Å². The van der Waals surface area contributed by atoms with Gasteiger partial charge in [0, 0.05) is 10.9 Å². The summed E-state index contributed by atoms with van der Waals surface area (Å²) in [6.45, 7) is 0. The Morgan fingerprint density at radius 1 is 1.64 bits per heavy atom. The fraction of sp³-hybridized carbons (Fsp3) is 0.500. The van der Waals surface area contributed by atoms with Crippen molar-refractivity contribution in [2.45, 2.75) is 25.3 Å². The minimum absolute atomic E-state index is 0.301. The highest BCUT2D eigenvalue weighted by molar-refractivity contribution is 9.11. The van der Waals surface area contributed by atoms with Gasteiger partial charge in [0.25, 0.3) is 0 Å². The maximum atomic E-state index is 5.95. The predicted octanol–water partition coefficient (Wildman–Crippen LogP) is 2.85. The van der Waals surface area contributed by atoms with Crippen LogP contribution in [-0.4, -0.2) is 0 Å². The lowest BCUT2D eigenvalue weighted by molar-refractivity contribution is 0.582. The van der Waals surface area contributed by atoms with Crippen molar-refractivity contribution >= 4 is 27.3 Å². The Balaban J connectivity index is 2.43. The van der Waals surface area contributed by atoms with Crippen molar-refractivity contribution in [1.29, 1.82) is 0 Å². The summed E-state index contributed by atoms with van der Waals surface area (Å²) >= 11 is 5.27. The summed E-state index contributed by atoms with van der Waals surface area (Å²) in [5.74, 6) is 0. The molecule has 0 bridgehead atoms. The summed E-state index contributed by atoms with van der Waals surface area (Å²) in [4.78, 5) is 1.39. The molecule has 0 saturated carbocycles. The van der Waals surface area contributed by atoms with E-state index in [2.05, 4.69) is 22.0 Å². The second-order valence-corrected chi connectivity index (χ2v) is 5.40. The molecule has 0 spiro atoms. The first-order chi connectivity index (χ1) is 5.27. The van der Waals surface area contributed by atoms with Gasteiger partial charge in [-0.2, -0.15) is 0 Å². The molecule has 1 unspecified atom stereocenters. The molecule has 0 aliphatic heterocycles. The Hall–Kier alpha value is 0.140. The zero-order chi connectivity index (χ0) is 7.84. The fourth-order valence-corrected chi connectivity index (χ4v) is 3.33. The molecule has 3 heteroatoms. The molecule has 1 aliphatic carbocycles. The van der Waals surface area contributed by atoms with Gasteiger partial charge in [-0.25, -0.2) is 0 Å². The number of nitrogens with two attached hydrogens (primary N) is 1. The van der Waals surface area contributed by atoms with Crippen molar-refractivity contribution in [3.8, 4) is 0 Å². The zero-order valence-corrected chi connectivity index (χ0v) is 8.54. The van der Waals surface area contributed by atoms with Gasteiger partial charge in [0.05, 0.1) is 3.79 Å². The molecule has 1 atom stereocenters. The average molecular weight is 232 g/mol. The fourth-order valence-electron chi connectivity index (χ4n) is 1.56. The highest BCUT2D eigenvalue weighted by atomic mass is 79.9. The van der Waals surface area contributed by atoms with Crippen LogP contribution in [0.3, 0.4) is 0 Å². The molecule has 1 aromatic rings. The monoisotopic (exact) mass is 231 g/mol. The van der Waals surface area contributed by atoms with E-state index in [1.807, 2.05) is 0 Å². The van der Waals surface area contributed by atoms with Gasteiger partial charge in [-0.1, -0.05) is 0 Å². The molecular formula is C8H10BrNS. The highest BCUT2D eigenvalue weighted by Crippen LogP contribution is 2.36. The predicted molar refractivity (Wildman–Crippen MR) is 51.9 cm³/mol. The molecule has 0 aromatic carbocycles. The van der Waals surface area contributed by atoms with Gasteiger partial charge in [-0.15, -0.1) is 11.3 Å². The zero-order valence-electron chi connectivity index (χ0n) is 6.14. The van der Waals surface area contributed by atoms with Gasteiger partial charge >= 0.3 is 0 Å². The van der Waals surface area contributed by atoms with Gasteiger partial charge in [0.15, 0.2) is 0 Å². The molecule has 0 fully saturated rings. The number of hydrogen-bond donors (Lipinski definition) is 1. The van der Waals surface area contributed by atoms with E-state index in [0.29, 0.717) is 6.04 Å². The topological polar surface area (TPSA) is 26.0 Å². The number of fused-ring (bicyclic) bond motifs is 1. The summed E-state index contributed by atoms with van der Waals surface area (Å²) in [7, 11) is 0. The van der Waals surface area contributed by atoms with E-state index in [4.69, 9.17) is 5.73 Å². The Morgan fingerprint density at radius 3 is 3.18 bits per heavy atom. The van der Waals surface area contributed by atoms with Crippen molar-refractivity contribution in [2.24, 2.45) is 5.73 Å². The van der Waals surface area contributed by atoms with E-state index >= 15 is 0 Å². The summed E-state index contributed by atoms with van der Waals surface area (Å²) in [5.41, 5.74) is 7.41. The first kappa shape index (κ1) is 7.77. The molecule has 1 aliphatic rings. The minimum atomic E-state index is 0.301. The number of thiophene rings is 1. The molecular weight excluding hydrogens is 222 g/mol. The standard InChI is InChI=1S/C8H10BrNS/c9-7-4-5-2-1-3-6(10)8(5)11-7/h4,6H,1-3,10H2. The third-order valence-corrected chi connectivity index (χ3v) is 3.92. The third-order valence-electron chi connectivity index (χ3n) is 2.11. The second-order valence-electron chi connectivity index (χ2n) is 2.94. The molecule has 0 radical (unpaired) electrons. The molecule has 2 N–H and O–H groups in total. The molecule has 60 valence electrons. The number of halogens is 1. The third kappa shape index (κ3) is 1.37.